The van der Waals surface area contributed by atoms with E-state index in [1.165, 1.54) is 19.1 Å². The van der Waals surface area contributed by atoms with Crippen LogP contribution in [0.5, 0.6) is 0 Å². The molecular weight excluding hydrogens is 267 g/mol. The molecule has 1 aromatic rings. The van der Waals surface area contributed by atoms with Crippen LogP contribution in [0, 0.1) is 5.82 Å². The molecule has 1 N–H and O–H groups in total. The highest BCUT2D eigenvalue weighted by Crippen LogP contribution is 2.19. The summed E-state index contributed by atoms with van der Waals surface area (Å²) < 4.78 is 18.6. The fourth-order valence-corrected chi connectivity index (χ4v) is 1.30. The number of aliphatic carboxylic acids is 1. The first-order chi connectivity index (χ1) is 7.00. The Morgan fingerprint density at radius 1 is 1.67 bits per heavy atom. The zero-order chi connectivity index (χ0) is 11.4. The van der Waals surface area contributed by atoms with E-state index in [0.717, 1.165) is 0 Å². The largest absolute Gasteiger partial charge is 0.479 e. The standard InChI is InChI=1S/C10H10BrFO3/c1-6(10(13)14)15-5-7-4-8(12)2-3-9(7)11/h2-4,6H,5H2,1H3,(H,13,14)/t6-/m1/s1. The average Bonchev–Trinajstić information content (AvgIpc) is 2.18. The monoisotopic (exact) mass is 276 g/mol. The molecule has 0 aliphatic rings. The van der Waals surface area contributed by atoms with Crippen LogP contribution in [0.3, 0.4) is 0 Å². The number of carboxylic acid groups (broad SMARTS) is 1. The summed E-state index contributed by atoms with van der Waals surface area (Å²) in [5.41, 5.74) is 0.586. The number of hydrogen-bond acceptors (Lipinski definition) is 2. The second kappa shape index (κ2) is 5.23. The van der Waals surface area contributed by atoms with Crippen molar-refractivity contribution in [3.8, 4) is 0 Å². The molecule has 0 unspecified atom stereocenters. The first kappa shape index (κ1) is 12.1. The second-order valence-corrected chi connectivity index (χ2v) is 3.88. The molecule has 0 aliphatic heterocycles. The van der Waals surface area contributed by atoms with Crippen LogP contribution in [0.1, 0.15) is 12.5 Å². The van der Waals surface area contributed by atoms with Crippen molar-refractivity contribution in [3.63, 3.8) is 0 Å². The molecule has 0 radical (unpaired) electrons. The summed E-state index contributed by atoms with van der Waals surface area (Å²) in [6.07, 6.45) is -0.903. The third-order valence-corrected chi connectivity index (χ3v) is 2.62. The van der Waals surface area contributed by atoms with E-state index in [9.17, 15) is 9.18 Å². The van der Waals surface area contributed by atoms with E-state index in [2.05, 4.69) is 15.9 Å². The summed E-state index contributed by atoms with van der Waals surface area (Å²) in [5, 5.41) is 8.57. The molecule has 0 aromatic heterocycles. The lowest BCUT2D eigenvalue weighted by Crippen LogP contribution is -2.19. The summed E-state index contributed by atoms with van der Waals surface area (Å²) in [7, 11) is 0. The normalized spacial score (nSPS) is 12.5. The summed E-state index contributed by atoms with van der Waals surface area (Å²) in [6.45, 7) is 1.49. The number of halogens is 2. The Morgan fingerprint density at radius 3 is 2.93 bits per heavy atom. The van der Waals surface area contributed by atoms with Crippen LogP contribution in [0.15, 0.2) is 22.7 Å². The van der Waals surface area contributed by atoms with Gasteiger partial charge in [0.15, 0.2) is 6.10 Å². The van der Waals surface area contributed by atoms with Crippen molar-refractivity contribution in [3.05, 3.63) is 34.1 Å². The van der Waals surface area contributed by atoms with Gasteiger partial charge in [0.2, 0.25) is 0 Å². The molecule has 0 amide bonds. The molecule has 1 rings (SSSR count). The molecule has 0 bridgehead atoms. The van der Waals surface area contributed by atoms with E-state index >= 15 is 0 Å². The van der Waals surface area contributed by atoms with Crippen molar-refractivity contribution in [2.45, 2.75) is 19.6 Å². The van der Waals surface area contributed by atoms with Gasteiger partial charge in [0.25, 0.3) is 0 Å². The molecule has 0 spiro atoms. The van der Waals surface area contributed by atoms with Gasteiger partial charge in [-0.15, -0.1) is 0 Å². The first-order valence-corrected chi connectivity index (χ1v) is 5.08. The van der Waals surface area contributed by atoms with Gasteiger partial charge < -0.3 is 9.84 Å². The van der Waals surface area contributed by atoms with Crippen LogP contribution in [-0.4, -0.2) is 17.2 Å². The predicted molar refractivity (Wildman–Crippen MR) is 56.0 cm³/mol. The van der Waals surface area contributed by atoms with Crippen LogP contribution in [-0.2, 0) is 16.1 Å². The quantitative estimate of drug-likeness (QED) is 0.920. The Morgan fingerprint density at radius 2 is 2.33 bits per heavy atom. The lowest BCUT2D eigenvalue weighted by molar-refractivity contribution is -0.149. The molecule has 3 nitrogen and oxygen atoms in total. The lowest BCUT2D eigenvalue weighted by Gasteiger charge is -2.09. The van der Waals surface area contributed by atoms with Gasteiger partial charge in [0, 0.05) is 4.47 Å². The number of benzene rings is 1. The molecule has 82 valence electrons. The number of rotatable bonds is 4. The molecule has 0 saturated carbocycles. The van der Waals surface area contributed by atoms with E-state index < -0.39 is 12.1 Å². The van der Waals surface area contributed by atoms with Gasteiger partial charge >= 0.3 is 5.97 Å². The Kier molecular flexibility index (Phi) is 4.23. The molecule has 0 heterocycles. The average molecular weight is 277 g/mol. The third kappa shape index (κ3) is 3.60. The molecule has 15 heavy (non-hydrogen) atoms. The Hall–Kier alpha value is -0.940. The molecule has 1 atom stereocenters. The van der Waals surface area contributed by atoms with Gasteiger partial charge in [-0.1, -0.05) is 15.9 Å². The van der Waals surface area contributed by atoms with Gasteiger partial charge in [0.1, 0.15) is 5.82 Å². The maximum atomic E-state index is 12.8. The van der Waals surface area contributed by atoms with Crippen molar-refractivity contribution in [1.29, 1.82) is 0 Å². The van der Waals surface area contributed by atoms with Gasteiger partial charge in [-0.25, -0.2) is 9.18 Å². The molecule has 0 aliphatic carbocycles. The molecule has 1 aromatic carbocycles. The number of carboxylic acids is 1. The Bertz CT molecular complexity index is 368. The van der Waals surface area contributed by atoms with E-state index in [1.54, 1.807) is 6.07 Å². The molecule has 5 heteroatoms. The van der Waals surface area contributed by atoms with Gasteiger partial charge in [0.05, 0.1) is 6.61 Å². The fraction of sp³-hybridized carbons (Fsp3) is 0.300. The smallest absolute Gasteiger partial charge is 0.332 e. The second-order valence-electron chi connectivity index (χ2n) is 3.03. The molecule has 0 fully saturated rings. The maximum absolute atomic E-state index is 12.8. The Labute approximate surface area is 95.0 Å². The predicted octanol–water partition coefficient (Wildman–Crippen LogP) is 2.58. The summed E-state index contributed by atoms with van der Waals surface area (Å²) in [4.78, 5) is 10.5. The fourth-order valence-electron chi connectivity index (χ4n) is 0.940. The zero-order valence-electron chi connectivity index (χ0n) is 8.04. The van der Waals surface area contributed by atoms with E-state index in [4.69, 9.17) is 9.84 Å². The van der Waals surface area contributed by atoms with E-state index in [1.807, 2.05) is 0 Å². The summed E-state index contributed by atoms with van der Waals surface area (Å²) in [5.74, 6) is -1.41. The van der Waals surface area contributed by atoms with Crippen molar-refractivity contribution >= 4 is 21.9 Å². The van der Waals surface area contributed by atoms with Crippen molar-refractivity contribution < 1.29 is 19.0 Å². The van der Waals surface area contributed by atoms with Crippen molar-refractivity contribution in [1.82, 2.24) is 0 Å². The maximum Gasteiger partial charge on any atom is 0.332 e. The first-order valence-electron chi connectivity index (χ1n) is 4.29. The van der Waals surface area contributed by atoms with E-state index in [-0.39, 0.29) is 12.4 Å². The van der Waals surface area contributed by atoms with Gasteiger partial charge in [-0.3, -0.25) is 0 Å². The zero-order valence-corrected chi connectivity index (χ0v) is 9.62. The summed E-state index contributed by atoms with van der Waals surface area (Å²) >= 11 is 3.22. The molecule has 0 saturated heterocycles. The lowest BCUT2D eigenvalue weighted by atomic mass is 10.2. The highest BCUT2D eigenvalue weighted by atomic mass is 79.9. The summed E-state index contributed by atoms with van der Waals surface area (Å²) in [6, 6.07) is 4.17. The topological polar surface area (TPSA) is 46.5 Å². The highest BCUT2D eigenvalue weighted by molar-refractivity contribution is 9.10. The third-order valence-electron chi connectivity index (χ3n) is 1.84. The van der Waals surface area contributed by atoms with Crippen LogP contribution in [0.25, 0.3) is 0 Å². The van der Waals surface area contributed by atoms with Crippen LogP contribution in [0.4, 0.5) is 4.39 Å². The minimum absolute atomic E-state index is 0.0613. The van der Waals surface area contributed by atoms with Crippen molar-refractivity contribution in [2.75, 3.05) is 0 Å². The minimum atomic E-state index is -1.04. The van der Waals surface area contributed by atoms with Crippen LogP contribution >= 0.6 is 15.9 Å². The van der Waals surface area contributed by atoms with Crippen LogP contribution < -0.4 is 0 Å². The minimum Gasteiger partial charge on any atom is -0.479 e. The van der Waals surface area contributed by atoms with Crippen molar-refractivity contribution in [2.24, 2.45) is 0 Å². The van der Waals surface area contributed by atoms with Gasteiger partial charge in [-0.05, 0) is 30.7 Å². The Balaban J connectivity index is 2.65. The molecular formula is C10H10BrFO3. The van der Waals surface area contributed by atoms with E-state index in [0.29, 0.717) is 10.0 Å². The SMILES string of the molecule is C[C@@H](OCc1cc(F)ccc1Br)C(=O)O. The number of ether oxygens (including phenoxy) is 1. The number of hydrogen-bond donors (Lipinski definition) is 1. The van der Waals surface area contributed by atoms with Crippen LogP contribution in [0.2, 0.25) is 0 Å². The van der Waals surface area contributed by atoms with Gasteiger partial charge in [-0.2, -0.15) is 0 Å². The highest BCUT2D eigenvalue weighted by Gasteiger charge is 2.12. The number of carbonyl (C=O) groups is 1.